The zero-order valence-corrected chi connectivity index (χ0v) is 26.5. The smallest absolute Gasteiger partial charge is 0.268 e. The number of ether oxygens (including phenoxy) is 2. The minimum Gasteiger partial charge on any atom is -0.756 e. The first-order valence-electron chi connectivity index (χ1n) is 15.4. The second kappa shape index (κ2) is 25.7. The number of unbranched alkanes of at least 4 members (excludes halogenated alkanes) is 15. The number of likely N-dealkylation sites (N-methyl/N-ethyl adjacent to an activating group) is 1. The lowest BCUT2D eigenvalue weighted by molar-refractivity contribution is -0.870. The minimum atomic E-state index is -4.33. The molecule has 2 atom stereocenters. The third-order valence-electron chi connectivity index (χ3n) is 6.62. The SMILES string of the molecule is CCCCCCCCCCCCCC/C=C\CCCCCOC[C@H](COP(=O)([O-])OCC[N+](C)(C)C)OC. The number of allylic oxidation sites excluding steroid dienone is 2. The zero-order chi connectivity index (χ0) is 28.4. The van der Waals surface area contributed by atoms with Crippen molar-refractivity contribution >= 4 is 7.82 Å². The Labute approximate surface area is 235 Å². The van der Waals surface area contributed by atoms with Crippen molar-refractivity contribution in [2.45, 2.75) is 122 Å². The van der Waals surface area contributed by atoms with Crippen molar-refractivity contribution in [2.75, 3.05) is 61.2 Å². The average Bonchev–Trinajstić information content (AvgIpc) is 2.85. The van der Waals surface area contributed by atoms with Crippen LogP contribution in [0, 0.1) is 0 Å². The van der Waals surface area contributed by atoms with Crippen LogP contribution in [0.3, 0.4) is 0 Å². The summed E-state index contributed by atoms with van der Waals surface area (Å²) < 4.78 is 33.3. The van der Waals surface area contributed by atoms with E-state index in [0.29, 0.717) is 24.2 Å². The number of nitrogens with zero attached hydrogens (tertiary/aromatic N) is 1. The third kappa shape index (κ3) is 28.7. The predicted octanol–water partition coefficient (Wildman–Crippen LogP) is 7.43. The van der Waals surface area contributed by atoms with E-state index in [1.54, 1.807) is 0 Å². The molecule has 38 heavy (non-hydrogen) atoms. The summed E-state index contributed by atoms with van der Waals surface area (Å²) in [6, 6.07) is 0. The summed E-state index contributed by atoms with van der Waals surface area (Å²) in [6.45, 7) is 3.77. The molecule has 8 heteroatoms. The molecule has 0 radical (unpaired) electrons. The molecule has 0 amide bonds. The van der Waals surface area contributed by atoms with Crippen LogP contribution in [-0.4, -0.2) is 71.8 Å². The minimum absolute atomic E-state index is 0.0903. The standard InChI is InChI=1S/C30H62NO6P/c1-6-7-8-9-10-11-12-13-14-15-16-17-18-19-20-21-22-23-24-26-35-28-30(34-5)29-37-38(32,33)36-27-25-31(2,3)4/h19-20,30H,6-18,21-29H2,1-5H3/b20-19-/t30-/m1/s1. The predicted molar refractivity (Wildman–Crippen MR) is 157 cm³/mol. The molecule has 0 fully saturated rings. The molecular weight excluding hydrogens is 501 g/mol. The molecule has 0 rings (SSSR count). The molecule has 0 aliphatic heterocycles. The molecule has 0 aromatic carbocycles. The van der Waals surface area contributed by atoms with E-state index in [-0.39, 0.29) is 13.2 Å². The summed E-state index contributed by atoms with van der Waals surface area (Å²) >= 11 is 0. The molecule has 0 N–H and O–H groups in total. The molecule has 0 saturated heterocycles. The van der Waals surface area contributed by atoms with Crippen LogP contribution in [-0.2, 0) is 23.1 Å². The summed E-state index contributed by atoms with van der Waals surface area (Å²) in [5, 5.41) is 0. The van der Waals surface area contributed by atoms with E-state index >= 15 is 0 Å². The number of phosphoric ester groups is 1. The maximum Gasteiger partial charge on any atom is 0.268 e. The number of rotatable bonds is 29. The van der Waals surface area contributed by atoms with Crippen LogP contribution in [0.5, 0.6) is 0 Å². The van der Waals surface area contributed by atoms with Crippen LogP contribution < -0.4 is 4.89 Å². The first kappa shape index (κ1) is 37.7. The summed E-state index contributed by atoms with van der Waals surface area (Å²) in [6.07, 6.45) is 26.6. The summed E-state index contributed by atoms with van der Waals surface area (Å²) in [5.41, 5.74) is 0. The van der Waals surface area contributed by atoms with Crippen molar-refractivity contribution in [3.8, 4) is 0 Å². The molecule has 0 saturated carbocycles. The van der Waals surface area contributed by atoms with Crippen molar-refractivity contribution in [1.82, 2.24) is 0 Å². The van der Waals surface area contributed by atoms with Crippen LogP contribution in [0.1, 0.15) is 116 Å². The Bertz CT molecular complexity index is 582. The van der Waals surface area contributed by atoms with Gasteiger partial charge in [-0.1, -0.05) is 96.1 Å². The fourth-order valence-electron chi connectivity index (χ4n) is 4.02. The van der Waals surface area contributed by atoms with Crippen LogP contribution in [0.25, 0.3) is 0 Å². The van der Waals surface area contributed by atoms with Gasteiger partial charge in [-0.15, -0.1) is 0 Å². The molecule has 228 valence electrons. The fourth-order valence-corrected chi connectivity index (χ4v) is 4.75. The Morgan fingerprint density at radius 2 is 1.21 bits per heavy atom. The van der Waals surface area contributed by atoms with Gasteiger partial charge in [0, 0.05) is 13.7 Å². The van der Waals surface area contributed by atoms with Crippen LogP contribution >= 0.6 is 7.82 Å². The summed E-state index contributed by atoms with van der Waals surface area (Å²) in [7, 11) is 3.10. The molecule has 1 unspecified atom stereocenters. The quantitative estimate of drug-likeness (QED) is 0.0408. The third-order valence-corrected chi connectivity index (χ3v) is 7.58. The van der Waals surface area contributed by atoms with Gasteiger partial charge in [-0.25, -0.2) is 0 Å². The van der Waals surface area contributed by atoms with Crippen molar-refractivity contribution in [1.29, 1.82) is 0 Å². The number of phosphoric acid groups is 1. The van der Waals surface area contributed by atoms with Gasteiger partial charge in [-0.3, -0.25) is 4.57 Å². The van der Waals surface area contributed by atoms with Gasteiger partial charge in [-0.2, -0.15) is 0 Å². The van der Waals surface area contributed by atoms with E-state index in [9.17, 15) is 9.46 Å². The van der Waals surface area contributed by atoms with Crippen LogP contribution in [0.15, 0.2) is 12.2 Å². The van der Waals surface area contributed by atoms with E-state index in [4.69, 9.17) is 18.5 Å². The van der Waals surface area contributed by atoms with E-state index in [1.165, 1.54) is 97.0 Å². The Kier molecular flexibility index (Phi) is 25.5. The van der Waals surface area contributed by atoms with E-state index in [2.05, 4.69) is 19.1 Å². The second-order valence-electron chi connectivity index (χ2n) is 11.5. The summed E-state index contributed by atoms with van der Waals surface area (Å²) in [5.74, 6) is 0. The van der Waals surface area contributed by atoms with Crippen LogP contribution in [0.4, 0.5) is 0 Å². The Morgan fingerprint density at radius 1 is 0.711 bits per heavy atom. The maximum absolute atomic E-state index is 11.9. The summed E-state index contributed by atoms with van der Waals surface area (Å²) in [4.78, 5) is 11.9. The molecule has 0 heterocycles. The molecule has 7 nitrogen and oxygen atoms in total. The molecule has 0 aliphatic carbocycles. The highest BCUT2D eigenvalue weighted by Gasteiger charge is 2.16. The molecule has 0 spiro atoms. The first-order valence-corrected chi connectivity index (χ1v) is 16.8. The molecule has 0 aromatic heterocycles. The van der Waals surface area contributed by atoms with E-state index < -0.39 is 13.9 Å². The van der Waals surface area contributed by atoms with Gasteiger partial charge in [0.15, 0.2) is 0 Å². The number of quaternary nitrogens is 1. The highest BCUT2D eigenvalue weighted by Crippen LogP contribution is 2.38. The van der Waals surface area contributed by atoms with Gasteiger partial charge in [0.25, 0.3) is 7.82 Å². The van der Waals surface area contributed by atoms with Crippen molar-refractivity contribution < 1.29 is 32.5 Å². The second-order valence-corrected chi connectivity index (χ2v) is 12.9. The Balaban J connectivity index is 3.51. The monoisotopic (exact) mass is 563 g/mol. The topological polar surface area (TPSA) is 77.1 Å². The highest BCUT2D eigenvalue weighted by atomic mass is 31.2. The van der Waals surface area contributed by atoms with E-state index in [0.717, 1.165) is 19.3 Å². The lowest BCUT2D eigenvalue weighted by Gasteiger charge is -2.28. The maximum atomic E-state index is 11.9. The average molecular weight is 564 g/mol. The van der Waals surface area contributed by atoms with Gasteiger partial charge in [0.05, 0.1) is 34.4 Å². The van der Waals surface area contributed by atoms with Crippen LogP contribution in [0.2, 0.25) is 0 Å². The van der Waals surface area contributed by atoms with Crippen molar-refractivity contribution in [2.24, 2.45) is 0 Å². The van der Waals surface area contributed by atoms with Crippen molar-refractivity contribution in [3.63, 3.8) is 0 Å². The van der Waals surface area contributed by atoms with Gasteiger partial charge >= 0.3 is 0 Å². The number of methoxy groups -OCH3 is 1. The zero-order valence-electron chi connectivity index (χ0n) is 25.6. The van der Waals surface area contributed by atoms with E-state index in [1.807, 2.05) is 21.1 Å². The van der Waals surface area contributed by atoms with Crippen molar-refractivity contribution in [3.05, 3.63) is 12.2 Å². The largest absolute Gasteiger partial charge is 0.756 e. The Morgan fingerprint density at radius 3 is 1.71 bits per heavy atom. The number of hydrogen-bond acceptors (Lipinski definition) is 6. The normalized spacial score (nSPS) is 14.8. The fraction of sp³-hybridized carbons (Fsp3) is 0.933. The lowest BCUT2D eigenvalue weighted by Crippen LogP contribution is -2.37. The molecular formula is C30H62NO6P. The van der Waals surface area contributed by atoms with Gasteiger partial charge in [0.1, 0.15) is 19.3 Å². The van der Waals surface area contributed by atoms with Gasteiger partial charge < -0.3 is 27.9 Å². The highest BCUT2D eigenvalue weighted by molar-refractivity contribution is 7.45. The van der Waals surface area contributed by atoms with Gasteiger partial charge in [-0.05, 0) is 32.1 Å². The first-order chi connectivity index (χ1) is 18.2. The Hall–Kier alpha value is -0.270. The van der Waals surface area contributed by atoms with Gasteiger partial charge in [0.2, 0.25) is 0 Å². The molecule has 0 aliphatic rings. The molecule has 0 aromatic rings. The lowest BCUT2D eigenvalue weighted by atomic mass is 10.0. The number of hydrogen-bond donors (Lipinski definition) is 0. The molecule has 0 bridgehead atoms.